The van der Waals surface area contributed by atoms with Gasteiger partial charge in [-0.05, 0) is 13.2 Å². The van der Waals surface area contributed by atoms with E-state index >= 15 is 0 Å². The van der Waals surface area contributed by atoms with Crippen LogP contribution in [0.15, 0.2) is 12.1 Å². The van der Waals surface area contributed by atoms with Gasteiger partial charge >= 0.3 is 5.69 Å². The first kappa shape index (κ1) is 13.7. The van der Waals surface area contributed by atoms with Crippen molar-refractivity contribution in [1.29, 1.82) is 0 Å². The molecule has 1 rings (SSSR count). The molecule has 0 aromatic heterocycles. The van der Waals surface area contributed by atoms with E-state index in [-0.39, 0.29) is 11.7 Å². The number of anilines is 1. The zero-order valence-electron chi connectivity index (χ0n) is 9.37. The first-order chi connectivity index (χ1) is 7.95. The Morgan fingerprint density at radius 1 is 1.53 bits per heavy atom. The van der Waals surface area contributed by atoms with Crippen molar-refractivity contribution in [2.24, 2.45) is 0 Å². The molecule has 0 radical (unpaired) electrons. The Morgan fingerprint density at radius 2 is 2.18 bits per heavy atom. The Labute approximate surface area is 102 Å². The second-order valence-electron chi connectivity index (χ2n) is 3.54. The quantitative estimate of drug-likeness (QED) is 0.654. The molecule has 0 aliphatic rings. The topological polar surface area (TPSA) is 55.2 Å². The number of nitrogens with one attached hydrogen (secondary N) is 1. The molecule has 94 valence electrons. The second-order valence-corrected chi connectivity index (χ2v) is 4.45. The normalized spacial score (nSPS) is 12.2. The zero-order valence-corrected chi connectivity index (χ0v) is 10.2. The van der Waals surface area contributed by atoms with Gasteiger partial charge in [-0.1, -0.05) is 0 Å². The number of thioether (sulfide) groups is 1. The summed E-state index contributed by atoms with van der Waals surface area (Å²) >= 11 is 1.53. The van der Waals surface area contributed by atoms with Crippen LogP contribution in [0.3, 0.4) is 0 Å². The van der Waals surface area contributed by atoms with E-state index in [9.17, 15) is 18.9 Å². The van der Waals surface area contributed by atoms with E-state index in [1.165, 1.54) is 11.8 Å². The van der Waals surface area contributed by atoms with Crippen LogP contribution in [0.25, 0.3) is 0 Å². The molecule has 7 heteroatoms. The van der Waals surface area contributed by atoms with Gasteiger partial charge in [-0.15, -0.1) is 0 Å². The van der Waals surface area contributed by atoms with E-state index in [1.54, 1.807) is 6.92 Å². The van der Waals surface area contributed by atoms with Gasteiger partial charge in [0, 0.05) is 23.9 Å². The van der Waals surface area contributed by atoms with E-state index < -0.39 is 22.2 Å². The molecule has 0 saturated heterocycles. The molecular weight excluding hydrogens is 250 g/mol. The van der Waals surface area contributed by atoms with Crippen LogP contribution in [0.5, 0.6) is 0 Å². The summed E-state index contributed by atoms with van der Waals surface area (Å²) in [7, 11) is 0. The molecule has 17 heavy (non-hydrogen) atoms. The minimum atomic E-state index is -1.17. The fraction of sp³-hybridized carbons (Fsp3) is 0.400. The lowest BCUT2D eigenvalue weighted by molar-refractivity contribution is -0.386. The molecular formula is C10H12F2N2O2S. The minimum absolute atomic E-state index is 0.120. The number of rotatable bonds is 5. The van der Waals surface area contributed by atoms with Gasteiger partial charge in [-0.25, -0.2) is 4.39 Å². The molecule has 1 aromatic carbocycles. The van der Waals surface area contributed by atoms with Crippen LogP contribution in [0.2, 0.25) is 0 Å². The van der Waals surface area contributed by atoms with Crippen molar-refractivity contribution in [1.82, 2.24) is 0 Å². The molecule has 0 amide bonds. The van der Waals surface area contributed by atoms with Gasteiger partial charge in [0.2, 0.25) is 5.82 Å². The molecule has 0 saturated carbocycles. The third kappa shape index (κ3) is 3.55. The van der Waals surface area contributed by atoms with Crippen LogP contribution in [-0.4, -0.2) is 23.0 Å². The van der Waals surface area contributed by atoms with Crippen LogP contribution in [0.4, 0.5) is 20.2 Å². The summed E-state index contributed by atoms with van der Waals surface area (Å²) < 4.78 is 26.3. The Bertz CT molecular complexity index is 429. The van der Waals surface area contributed by atoms with Crippen molar-refractivity contribution >= 4 is 23.1 Å². The highest BCUT2D eigenvalue weighted by atomic mass is 32.2. The van der Waals surface area contributed by atoms with Gasteiger partial charge in [0.15, 0.2) is 0 Å². The lowest BCUT2D eigenvalue weighted by atomic mass is 10.2. The molecule has 1 atom stereocenters. The summed E-state index contributed by atoms with van der Waals surface area (Å²) in [5.74, 6) is -1.34. The highest BCUT2D eigenvalue weighted by molar-refractivity contribution is 7.98. The number of hydrogen-bond acceptors (Lipinski definition) is 4. The number of nitro groups is 1. The molecule has 1 N–H and O–H groups in total. The van der Waals surface area contributed by atoms with Crippen molar-refractivity contribution < 1.29 is 13.7 Å². The molecule has 0 aliphatic heterocycles. The molecule has 0 bridgehead atoms. The molecule has 0 heterocycles. The molecule has 1 unspecified atom stereocenters. The van der Waals surface area contributed by atoms with Crippen molar-refractivity contribution in [2.75, 3.05) is 17.3 Å². The van der Waals surface area contributed by atoms with Gasteiger partial charge in [-0.3, -0.25) is 10.1 Å². The Balaban J connectivity index is 3.08. The molecule has 1 aromatic rings. The maximum atomic E-state index is 13.3. The van der Waals surface area contributed by atoms with Gasteiger partial charge in [0.05, 0.1) is 4.92 Å². The van der Waals surface area contributed by atoms with E-state index in [2.05, 4.69) is 5.32 Å². The Hall–Kier alpha value is -1.37. The second kappa shape index (κ2) is 5.81. The van der Waals surface area contributed by atoms with E-state index in [0.717, 1.165) is 6.07 Å². The Morgan fingerprint density at radius 3 is 2.71 bits per heavy atom. The summed E-state index contributed by atoms with van der Waals surface area (Å²) in [5.41, 5.74) is -0.853. The lowest BCUT2D eigenvalue weighted by Crippen LogP contribution is -2.19. The summed E-state index contributed by atoms with van der Waals surface area (Å²) in [5, 5.41) is 13.4. The van der Waals surface area contributed by atoms with Crippen molar-refractivity contribution in [3.05, 3.63) is 33.9 Å². The first-order valence-electron chi connectivity index (χ1n) is 4.84. The fourth-order valence-corrected chi connectivity index (χ4v) is 2.00. The molecule has 0 aliphatic carbocycles. The highest BCUT2D eigenvalue weighted by Gasteiger charge is 2.22. The minimum Gasteiger partial charge on any atom is -0.376 e. The average Bonchev–Trinajstić information content (AvgIpc) is 2.15. The van der Waals surface area contributed by atoms with Crippen LogP contribution < -0.4 is 5.32 Å². The van der Waals surface area contributed by atoms with E-state index in [1.807, 2.05) is 6.26 Å². The zero-order chi connectivity index (χ0) is 13.0. The van der Waals surface area contributed by atoms with Crippen LogP contribution in [0, 0.1) is 21.7 Å². The van der Waals surface area contributed by atoms with Gasteiger partial charge in [0.25, 0.3) is 0 Å². The lowest BCUT2D eigenvalue weighted by Gasteiger charge is -2.14. The monoisotopic (exact) mass is 262 g/mol. The third-order valence-electron chi connectivity index (χ3n) is 2.03. The van der Waals surface area contributed by atoms with Gasteiger partial charge in [-0.2, -0.15) is 16.2 Å². The fourth-order valence-electron chi connectivity index (χ4n) is 1.42. The summed E-state index contributed by atoms with van der Waals surface area (Å²) in [6, 6.07) is 1.31. The highest BCUT2D eigenvalue weighted by Crippen LogP contribution is 2.29. The summed E-state index contributed by atoms with van der Waals surface area (Å²) in [4.78, 5) is 9.83. The number of nitrogens with zero attached hydrogens (tertiary/aromatic N) is 1. The SMILES string of the molecule is CSCC(C)Nc1cc(F)cc(F)c1[N+](=O)[O-]. The number of nitro benzene ring substituents is 1. The standard InChI is InChI=1S/C10H12F2N2O2S/c1-6(5-17-2)13-9-4-7(11)3-8(12)10(9)14(15)16/h3-4,6,13H,5H2,1-2H3. The van der Waals surface area contributed by atoms with Crippen molar-refractivity contribution in [3.8, 4) is 0 Å². The van der Waals surface area contributed by atoms with Crippen LogP contribution in [-0.2, 0) is 0 Å². The largest absolute Gasteiger partial charge is 0.376 e. The first-order valence-corrected chi connectivity index (χ1v) is 6.24. The Kier molecular flexibility index (Phi) is 4.68. The van der Waals surface area contributed by atoms with Crippen molar-refractivity contribution in [2.45, 2.75) is 13.0 Å². The summed E-state index contributed by atoms with van der Waals surface area (Å²) in [6.45, 7) is 1.78. The number of benzene rings is 1. The van der Waals surface area contributed by atoms with Crippen LogP contribution in [0.1, 0.15) is 6.92 Å². The smallest absolute Gasteiger partial charge is 0.327 e. The van der Waals surface area contributed by atoms with E-state index in [0.29, 0.717) is 11.8 Å². The summed E-state index contributed by atoms with van der Waals surface area (Å²) in [6.07, 6.45) is 1.87. The van der Waals surface area contributed by atoms with Gasteiger partial charge < -0.3 is 5.32 Å². The average molecular weight is 262 g/mol. The molecule has 0 spiro atoms. The molecule has 0 fully saturated rings. The predicted octanol–water partition coefficient (Wildman–Crippen LogP) is 3.04. The van der Waals surface area contributed by atoms with Crippen molar-refractivity contribution in [3.63, 3.8) is 0 Å². The predicted molar refractivity (Wildman–Crippen MR) is 64.5 cm³/mol. The van der Waals surface area contributed by atoms with Crippen LogP contribution >= 0.6 is 11.8 Å². The van der Waals surface area contributed by atoms with Gasteiger partial charge in [0.1, 0.15) is 11.5 Å². The maximum Gasteiger partial charge on any atom is 0.327 e. The molecule has 4 nitrogen and oxygen atoms in total. The number of hydrogen-bond donors (Lipinski definition) is 1. The maximum absolute atomic E-state index is 13.3. The number of halogens is 2. The third-order valence-corrected chi connectivity index (χ3v) is 2.86. The van der Waals surface area contributed by atoms with E-state index in [4.69, 9.17) is 0 Å².